The van der Waals surface area contributed by atoms with Gasteiger partial charge < -0.3 is 11.1 Å². The Morgan fingerprint density at radius 2 is 2.05 bits per heavy atom. The van der Waals surface area contributed by atoms with Crippen LogP contribution in [0.1, 0.15) is 26.4 Å². The van der Waals surface area contributed by atoms with Crippen LogP contribution in [0, 0.1) is 6.92 Å². The number of amides is 2. The Bertz CT molecular complexity index is 686. The molecule has 0 aliphatic carbocycles. The molecule has 0 aliphatic rings. The SMILES string of the molecule is Cc1cc(C(N)=O)ccc1NC(=O)c1ncccc1Br. The van der Waals surface area contributed by atoms with E-state index >= 15 is 0 Å². The van der Waals surface area contributed by atoms with Crippen molar-refractivity contribution in [2.45, 2.75) is 6.92 Å². The van der Waals surface area contributed by atoms with Crippen LogP contribution in [-0.2, 0) is 0 Å². The Balaban J connectivity index is 2.25. The van der Waals surface area contributed by atoms with Crippen molar-refractivity contribution in [3.8, 4) is 0 Å². The maximum absolute atomic E-state index is 12.1. The fourth-order valence-electron chi connectivity index (χ4n) is 1.69. The molecule has 6 heteroatoms. The average molecular weight is 334 g/mol. The first-order valence-electron chi connectivity index (χ1n) is 5.81. The molecule has 0 fully saturated rings. The lowest BCUT2D eigenvalue weighted by Gasteiger charge is -2.09. The van der Waals surface area contributed by atoms with Crippen LogP contribution in [0.2, 0.25) is 0 Å². The van der Waals surface area contributed by atoms with Crippen molar-refractivity contribution in [1.82, 2.24) is 4.98 Å². The number of carbonyl (C=O) groups is 2. The zero-order valence-corrected chi connectivity index (χ0v) is 12.3. The van der Waals surface area contributed by atoms with Gasteiger partial charge in [0.15, 0.2) is 0 Å². The van der Waals surface area contributed by atoms with E-state index in [9.17, 15) is 9.59 Å². The van der Waals surface area contributed by atoms with Crippen LogP contribution in [0.3, 0.4) is 0 Å². The minimum atomic E-state index is -0.501. The summed E-state index contributed by atoms with van der Waals surface area (Å²) in [5, 5.41) is 2.75. The molecule has 0 atom stereocenters. The van der Waals surface area contributed by atoms with Gasteiger partial charge in [0.1, 0.15) is 5.69 Å². The number of nitrogens with two attached hydrogens (primary N) is 1. The van der Waals surface area contributed by atoms with E-state index in [1.54, 1.807) is 43.5 Å². The van der Waals surface area contributed by atoms with E-state index in [1.807, 2.05) is 0 Å². The number of pyridine rings is 1. The third-order valence-electron chi connectivity index (χ3n) is 2.73. The Labute approximate surface area is 124 Å². The number of nitrogens with zero attached hydrogens (tertiary/aromatic N) is 1. The lowest BCUT2D eigenvalue weighted by Crippen LogP contribution is -2.16. The lowest BCUT2D eigenvalue weighted by atomic mass is 10.1. The van der Waals surface area contributed by atoms with E-state index in [2.05, 4.69) is 26.2 Å². The number of aromatic nitrogens is 1. The van der Waals surface area contributed by atoms with E-state index in [4.69, 9.17) is 5.73 Å². The quantitative estimate of drug-likeness (QED) is 0.904. The van der Waals surface area contributed by atoms with Crippen molar-refractivity contribution in [2.75, 3.05) is 5.32 Å². The molecule has 0 aliphatic heterocycles. The van der Waals surface area contributed by atoms with Crippen molar-refractivity contribution in [3.63, 3.8) is 0 Å². The van der Waals surface area contributed by atoms with Crippen molar-refractivity contribution >= 4 is 33.4 Å². The van der Waals surface area contributed by atoms with Gasteiger partial charge in [-0.25, -0.2) is 4.98 Å². The fraction of sp³-hybridized carbons (Fsp3) is 0.0714. The minimum absolute atomic E-state index is 0.297. The van der Waals surface area contributed by atoms with E-state index in [-0.39, 0.29) is 5.91 Å². The Morgan fingerprint density at radius 1 is 1.30 bits per heavy atom. The molecule has 0 spiro atoms. The monoisotopic (exact) mass is 333 g/mol. The van der Waals surface area contributed by atoms with Gasteiger partial charge in [0.25, 0.3) is 5.91 Å². The summed E-state index contributed by atoms with van der Waals surface area (Å²) in [6.45, 7) is 1.79. The van der Waals surface area contributed by atoms with Crippen LogP contribution in [0.15, 0.2) is 41.0 Å². The molecule has 0 saturated carbocycles. The molecule has 2 amide bonds. The molecule has 0 radical (unpaired) electrons. The second kappa shape index (κ2) is 5.83. The molecular formula is C14H12BrN3O2. The molecule has 0 unspecified atom stereocenters. The Hall–Kier alpha value is -2.21. The number of carbonyl (C=O) groups excluding carboxylic acids is 2. The molecule has 3 N–H and O–H groups in total. The van der Waals surface area contributed by atoms with E-state index < -0.39 is 5.91 Å². The second-order valence-corrected chi connectivity index (χ2v) is 5.04. The summed E-state index contributed by atoms with van der Waals surface area (Å²) in [4.78, 5) is 27.2. The van der Waals surface area contributed by atoms with Crippen LogP contribution in [-0.4, -0.2) is 16.8 Å². The zero-order chi connectivity index (χ0) is 14.7. The van der Waals surface area contributed by atoms with E-state index in [0.29, 0.717) is 21.4 Å². The zero-order valence-electron chi connectivity index (χ0n) is 10.7. The number of primary amides is 1. The fourth-order valence-corrected chi connectivity index (χ4v) is 2.13. The summed E-state index contributed by atoms with van der Waals surface area (Å²) in [7, 11) is 0. The maximum atomic E-state index is 12.1. The summed E-state index contributed by atoms with van der Waals surface area (Å²) in [6, 6.07) is 8.31. The third kappa shape index (κ3) is 3.03. The highest BCUT2D eigenvalue weighted by Gasteiger charge is 2.13. The molecule has 1 heterocycles. The summed E-state index contributed by atoms with van der Waals surface area (Å²) in [5.41, 5.74) is 7.26. The van der Waals surface area contributed by atoms with Crippen molar-refractivity contribution < 1.29 is 9.59 Å². The maximum Gasteiger partial charge on any atom is 0.275 e. The van der Waals surface area contributed by atoms with Gasteiger partial charge in [0.05, 0.1) is 0 Å². The van der Waals surface area contributed by atoms with Gasteiger partial charge in [-0.1, -0.05) is 0 Å². The number of nitrogens with one attached hydrogen (secondary N) is 1. The standard InChI is InChI=1S/C14H12BrN3O2/c1-8-7-9(13(16)19)4-5-11(8)18-14(20)12-10(15)3-2-6-17-12/h2-7H,1H3,(H2,16,19)(H,18,20). The molecule has 1 aromatic carbocycles. The van der Waals surface area contributed by atoms with Gasteiger partial charge in [0.2, 0.25) is 5.91 Å². The average Bonchev–Trinajstić information content (AvgIpc) is 2.41. The molecule has 20 heavy (non-hydrogen) atoms. The largest absolute Gasteiger partial charge is 0.366 e. The Kier molecular flexibility index (Phi) is 4.14. The number of halogens is 1. The van der Waals surface area contributed by atoms with E-state index in [1.165, 1.54) is 0 Å². The van der Waals surface area contributed by atoms with E-state index in [0.717, 1.165) is 5.56 Å². The van der Waals surface area contributed by atoms with Gasteiger partial charge in [0, 0.05) is 21.9 Å². The second-order valence-electron chi connectivity index (χ2n) is 4.18. The number of hydrogen-bond donors (Lipinski definition) is 2. The first-order valence-corrected chi connectivity index (χ1v) is 6.60. The van der Waals surface area contributed by atoms with Crippen LogP contribution in [0.5, 0.6) is 0 Å². The smallest absolute Gasteiger partial charge is 0.275 e. The molecule has 2 aromatic rings. The first-order chi connectivity index (χ1) is 9.49. The number of anilines is 1. The summed E-state index contributed by atoms with van der Waals surface area (Å²) in [6.07, 6.45) is 1.54. The normalized spacial score (nSPS) is 10.1. The van der Waals surface area contributed by atoms with Crippen molar-refractivity contribution in [3.05, 3.63) is 57.8 Å². The Morgan fingerprint density at radius 3 is 2.65 bits per heavy atom. The number of hydrogen-bond acceptors (Lipinski definition) is 3. The molecule has 1 aromatic heterocycles. The van der Waals surface area contributed by atoms with Gasteiger partial charge >= 0.3 is 0 Å². The molecule has 0 bridgehead atoms. The first kappa shape index (κ1) is 14.2. The molecule has 0 saturated heterocycles. The van der Waals surface area contributed by atoms with Crippen LogP contribution in [0.25, 0.3) is 0 Å². The van der Waals surface area contributed by atoms with Crippen molar-refractivity contribution in [2.24, 2.45) is 5.73 Å². The lowest BCUT2D eigenvalue weighted by molar-refractivity contribution is 0.0997. The highest BCUT2D eigenvalue weighted by molar-refractivity contribution is 9.10. The van der Waals surface area contributed by atoms with Crippen molar-refractivity contribution in [1.29, 1.82) is 0 Å². The van der Waals surface area contributed by atoms with Crippen LogP contribution in [0.4, 0.5) is 5.69 Å². The summed E-state index contributed by atoms with van der Waals surface area (Å²) in [5.74, 6) is -0.828. The van der Waals surface area contributed by atoms with Gasteiger partial charge in [-0.2, -0.15) is 0 Å². The number of rotatable bonds is 3. The van der Waals surface area contributed by atoms with Crippen LogP contribution < -0.4 is 11.1 Å². The highest BCUT2D eigenvalue weighted by atomic mass is 79.9. The molecular weight excluding hydrogens is 322 g/mol. The predicted octanol–water partition coefficient (Wildman–Crippen LogP) is 2.50. The molecule has 2 rings (SSSR count). The van der Waals surface area contributed by atoms with Gasteiger partial charge in [-0.3, -0.25) is 9.59 Å². The number of aryl methyl sites for hydroxylation is 1. The third-order valence-corrected chi connectivity index (χ3v) is 3.37. The predicted molar refractivity (Wildman–Crippen MR) is 79.6 cm³/mol. The summed E-state index contributed by atoms with van der Waals surface area (Å²) < 4.78 is 0.615. The molecule has 102 valence electrons. The minimum Gasteiger partial charge on any atom is -0.366 e. The molecule has 5 nitrogen and oxygen atoms in total. The number of benzene rings is 1. The van der Waals surface area contributed by atoms with Crippen LogP contribution >= 0.6 is 15.9 Å². The topological polar surface area (TPSA) is 85.1 Å². The summed E-state index contributed by atoms with van der Waals surface area (Å²) >= 11 is 3.27. The van der Waals surface area contributed by atoms with Gasteiger partial charge in [-0.15, -0.1) is 0 Å². The van der Waals surface area contributed by atoms with Gasteiger partial charge in [-0.05, 0) is 58.7 Å². The highest BCUT2D eigenvalue weighted by Crippen LogP contribution is 2.19.